The summed E-state index contributed by atoms with van der Waals surface area (Å²) in [5.74, 6) is 5.95. The Kier molecular flexibility index (Phi) is 5.23. The summed E-state index contributed by atoms with van der Waals surface area (Å²) >= 11 is 7.34. The molecule has 0 bridgehead atoms. The second kappa shape index (κ2) is 7.14. The van der Waals surface area contributed by atoms with E-state index in [0.717, 1.165) is 4.88 Å². The van der Waals surface area contributed by atoms with Crippen molar-refractivity contribution in [3.8, 4) is 17.6 Å². The molecule has 2 rings (SSSR count). The number of carbonyl (C=O) groups excluding carboxylic acids is 1. The van der Waals surface area contributed by atoms with Gasteiger partial charge in [-0.3, -0.25) is 4.79 Å². The minimum absolute atomic E-state index is 0.212. The van der Waals surface area contributed by atoms with Gasteiger partial charge in [0.05, 0.1) is 29.1 Å². The Morgan fingerprint density at radius 2 is 2.29 bits per heavy atom. The van der Waals surface area contributed by atoms with Gasteiger partial charge in [-0.15, -0.1) is 11.3 Å². The van der Waals surface area contributed by atoms with Gasteiger partial charge in [-0.25, -0.2) is 0 Å². The molecule has 0 spiro atoms. The highest BCUT2D eigenvalue weighted by Crippen LogP contribution is 2.27. The number of methoxy groups -OCH3 is 1. The molecule has 0 saturated carbocycles. The lowest BCUT2D eigenvalue weighted by Gasteiger charge is -2.07. The van der Waals surface area contributed by atoms with Crippen LogP contribution in [-0.4, -0.2) is 19.6 Å². The lowest BCUT2D eigenvalue weighted by molar-refractivity contribution is 0.102. The number of ether oxygens (including phenoxy) is 1. The number of thiophene rings is 1. The van der Waals surface area contributed by atoms with Gasteiger partial charge in [0.25, 0.3) is 5.91 Å². The zero-order valence-corrected chi connectivity index (χ0v) is 12.8. The molecule has 0 radical (unpaired) electrons. The number of carbonyl (C=O) groups is 1. The van der Waals surface area contributed by atoms with E-state index < -0.39 is 0 Å². The minimum Gasteiger partial charge on any atom is -0.495 e. The molecule has 0 atom stereocenters. The van der Waals surface area contributed by atoms with Crippen LogP contribution in [0.1, 0.15) is 15.2 Å². The zero-order valence-electron chi connectivity index (χ0n) is 11.3. The largest absolute Gasteiger partial charge is 0.495 e. The van der Waals surface area contributed by atoms with Crippen LogP contribution in [0.3, 0.4) is 0 Å². The molecule has 1 aromatic carbocycles. The Balaban J connectivity index is 2.12. The Morgan fingerprint density at radius 3 is 3.00 bits per heavy atom. The van der Waals surface area contributed by atoms with E-state index in [-0.39, 0.29) is 5.91 Å². The van der Waals surface area contributed by atoms with Gasteiger partial charge in [-0.1, -0.05) is 23.4 Å². The molecule has 0 aliphatic rings. The number of anilines is 1. The smallest absolute Gasteiger partial charge is 0.256 e. The molecule has 0 saturated heterocycles. The fourth-order valence-electron chi connectivity index (χ4n) is 1.60. The van der Waals surface area contributed by atoms with Crippen molar-refractivity contribution in [3.63, 3.8) is 0 Å². The number of halogens is 1. The van der Waals surface area contributed by atoms with Crippen molar-refractivity contribution >= 4 is 34.5 Å². The summed E-state index contributed by atoms with van der Waals surface area (Å²) in [6, 6.07) is 6.78. The van der Waals surface area contributed by atoms with Crippen molar-refractivity contribution in [2.75, 3.05) is 19.0 Å². The third-order valence-corrected chi connectivity index (χ3v) is 3.74. The van der Waals surface area contributed by atoms with E-state index >= 15 is 0 Å². The highest BCUT2D eigenvalue weighted by Gasteiger charge is 2.10. The molecular weight excluding hydrogens is 308 g/mol. The first-order valence-corrected chi connectivity index (χ1v) is 7.32. The Bertz CT molecular complexity index is 716. The molecule has 1 heterocycles. The van der Waals surface area contributed by atoms with Crippen molar-refractivity contribution in [1.29, 1.82) is 0 Å². The Labute approximate surface area is 131 Å². The molecule has 1 aromatic heterocycles. The van der Waals surface area contributed by atoms with Crippen molar-refractivity contribution in [2.24, 2.45) is 5.73 Å². The van der Waals surface area contributed by atoms with E-state index in [0.29, 0.717) is 28.6 Å². The standard InChI is InChI=1S/C15H13ClN2O2S/c1-20-14-8-11(4-5-13(14)16)18-15(19)10-7-12(21-9-10)3-2-6-17/h4-5,7-9H,6,17H2,1H3,(H,18,19). The number of nitrogens with one attached hydrogen (secondary N) is 1. The van der Waals surface area contributed by atoms with Gasteiger partial charge < -0.3 is 15.8 Å². The van der Waals surface area contributed by atoms with Crippen LogP contribution in [0.4, 0.5) is 5.69 Å². The van der Waals surface area contributed by atoms with Gasteiger partial charge >= 0.3 is 0 Å². The van der Waals surface area contributed by atoms with E-state index in [1.807, 2.05) is 0 Å². The van der Waals surface area contributed by atoms with Crippen LogP contribution in [0, 0.1) is 11.8 Å². The van der Waals surface area contributed by atoms with Crippen molar-refractivity contribution in [2.45, 2.75) is 0 Å². The number of hydrogen-bond donors (Lipinski definition) is 2. The van der Waals surface area contributed by atoms with Crippen molar-refractivity contribution in [1.82, 2.24) is 0 Å². The maximum atomic E-state index is 12.1. The quantitative estimate of drug-likeness (QED) is 0.855. The second-order valence-electron chi connectivity index (χ2n) is 4.01. The summed E-state index contributed by atoms with van der Waals surface area (Å²) in [5, 5.41) is 5.03. The normalized spacial score (nSPS) is 9.67. The number of amides is 1. The monoisotopic (exact) mass is 320 g/mol. The minimum atomic E-state index is -0.212. The molecule has 0 aliphatic carbocycles. The highest BCUT2D eigenvalue weighted by molar-refractivity contribution is 7.10. The zero-order chi connectivity index (χ0) is 15.2. The number of benzene rings is 1. The lowest BCUT2D eigenvalue weighted by Crippen LogP contribution is -2.10. The first-order valence-electron chi connectivity index (χ1n) is 6.06. The number of hydrogen-bond acceptors (Lipinski definition) is 4. The molecule has 0 unspecified atom stereocenters. The van der Waals surface area contributed by atoms with E-state index in [1.54, 1.807) is 29.6 Å². The molecule has 6 heteroatoms. The number of rotatable bonds is 3. The van der Waals surface area contributed by atoms with E-state index in [9.17, 15) is 4.79 Å². The summed E-state index contributed by atoms with van der Waals surface area (Å²) in [5.41, 5.74) is 6.48. The van der Waals surface area contributed by atoms with E-state index in [4.69, 9.17) is 22.1 Å². The molecule has 3 N–H and O–H groups in total. The predicted molar refractivity (Wildman–Crippen MR) is 86.2 cm³/mol. The highest BCUT2D eigenvalue weighted by atomic mass is 35.5. The second-order valence-corrected chi connectivity index (χ2v) is 5.33. The average Bonchev–Trinajstić information content (AvgIpc) is 2.96. The molecule has 2 aromatic rings. The van der Waals surface area contributed by atoms with Gasteiger partial charge in [0, 0.05) is 17.1 Å². The first-order chi connectivity index (χ1) is 10.1. The van der Waals surface area contributed by atoms with Crippen LogP contribution >= 0.6 is 22.9 Å². The average molecular weight is 321 g/mol. The maximum absolute atomic E-state index is 12.1. The van der Waals surface area contributed by atoms with Crippen LogP contribution in [0.15, 0.2) is 29.6 Å². The Hall–Kier alpha value is -2.00. The topological polar surface area (TPSA) is 64.3 Å². The molecular formula is C15H13ClN2O2S. The van der Waals surface area contributed by atoms with Crippen LogP contribution in [-0.2, 0) is 0 Å². The maximum Gasteiger partial charge on any atom is 0.256 e. The third-order valence-electron chi connectivity index (χ3n) is 2.58. The molecule has 4 nitrogen and oxygen atoms in total. The Morgan fingerprint density at radius 1 is 1.48 bits per heavy atom. The summed E-state index contributed by atoms with van der Waals surface area (Å²) in [6.45, 7) is 0.296. The number of nitrogens with two attached hydrogens (primary N) is 1. The van der Waals surface area contributed by atoms with Crippen LogP contribution < -0.4 is 15.8 Å². The van der Waals surface area contributed by atoms with Crippen LogP contribution in [0.5, 0.6) is 5.75 Å². The first kappa shape index (κ1) is 15.4. The molecule has 1 amide bonds. The van der Waals surface area contributed by atoms with Gasteiger partial charge in [-0.2, -0.15) is 0 Å². The van der Waals surface area contributed by atoms with Crippen molar-refractivity contribution < 1.29 is 9.53 Å². The van der Waals surface area contributed by atoms with Gasteiger partial charge in [0.2, 0.25) is 0 Å². The lowest BCUT2D eigenvalue weighted by atomic mass is 10.2. The van der Waals surface area contributed by atoms with Gasteiger partial charge in [0.1, 0.15) is 5.75 Å². The van der Waals surface area contributed by atoms with E-state index in [2.05, 4.69) is 17.2 Å². The summed E-state index contributed by atoms with van der Waals surface area (Å²) < 4.78 is 5.11. The summed E-state index contributed by atoms with van der Waals surface area (Å²) in [7, 11) is 1.52. The summed E-state index contributed by atoms with van der Waals surface area (Å²) in [6.07, 6.45) is 0. The van der Waals surface area contributed by atoms with Gasteiger partial charge in [-0.05, 0) is 18.2 Å². The fraction of sp³-hybridized carbons (Fsp3) is 0.133. The van der Waals surface area contributed by atoms with Crippen molar-refractivity contribution in [3.05, 3.63) is 45.1 Å². The molecule has 0 aliphatic heterocycles. The molecule has 108 valence electrons. The van der Waals surface area contributed by atoms with Crippen LogP contribution in [0.2, 0.25) is 5.02 Å². The predicted octanol–water partition coefficient (Wildman–Crippen LogP) is 2.97. The van der Waals surface area contributed by atoms with Crippen LogP contribution in [0.25, 0.3) is 0 Å². The van der Waals surface area contributed by atoms with Gasteiger partial charge in [0.15, 0.2) is 0 Å². The molecule has 0 fully saturated rings. The third kappa shape index (κ3) is 3.99. The van der Waals surface area contributed by atoms with E-state index in [1.165, 1.54) is 18.4 Å². The summed E-state index contributed by atoms with van der Waals surface area (Å²) in [4.78, 5) is 12.9. The molecule has 21 heavy (non-hydrogen) atoms. The fourth-order valence-corrected chi connectivity index (χ4v) is 2.55. The SMILES string of the molecule is COc1cc(NC(=O)c2csc(C#CCN)c2)ccc1Cl.